The molecule has 196 valence electrons. The first-order chi connectivity index (χ1) is 17.6. The molecule has 0 saturated heterocycles. The quantitative estimate of drug-likeness (QED) is 0.118. The summed E-state index contributed by atoms with van der Waals surface area (Å²) in [6, 6.07) is 13.4. The van der Waals surface area contributed by atoms with Crippen LogP contribution < -0.4 is 14.9 Å². The van der Waals surface area contributed by atoms with Crippen molar-refractivity contribution in [2.24, 2.45) is 10.2 Å². The molecule has 0 saturated carbocycles. The molecule has 2 aromatic carbocycles. The predicted octanol–water partition coefficient (Wildman–Crippen LogP) is 8.86. The van der Waals surface area contributed by atoms with E-state index in [0.717, 1.165) is 44.3 Å². The highest BCUT2D eigenvalue weighted by molar-refractivity contribution is 5.72. The number of unbranched alkanes of at least 4 members (excludes halogenated alkanes) is 10. The van der Waals surface area contributed by atoms with Crippen LogP contribution in [-0.2, 0) is 4.79 Å². The molecule has 0 amide bonds. The van der Waals surface area contributed by atoms with Crippen LogP contribution in [0.1, 0.15) is 97.3 Å². The number of carbonyl (C=O) groups is 1. The van der Waals surface area contributed by atoms with Gasteiger partial charge in [0.15, 0.2) is 5.75 Å². The summed E-state index contributed by atoms with van der Waals surface area (Å²) in [7, 11) is 0. The average Bonchev–Trinajstić information content (AvgIpc) is 3.06. The molecule has 0 spiro atoms. The van der Waals surface area contributed by atoms with Crippen molar-refractivity contribution in [1.29, 1.82) is 0 Å². The van der Waals surface area contributed by atoms with Crippen LogP contribution in [0.3, 0.4) is 0 Å². The summed E-state index contributed by atoms with van der Waals surface area (Å²) < 4.78 is 11.0. The number of hydrogen-bond donors (Lipinski definition) is 0. The molecule has 0 atom stereocenters. The summed E-state index contributed by atoms with van der Waals surface area (Å²) >= 11 is 0. The first-order valence-electron chi connectivity index (χ1n) is 13.6. The van der Waals surface area contributed by atoms with Crippen LogP contribution in [0.5, 0.6) is 11.5 Å². The van der Waals surface area contributed by atoms with Crippen molar-refractivity contribution in [1.82, 2.24) is 0 Å². The zero-order valence-electron chi connectivity index (χ0n) is 22.0. The number of rotatable bonds is 18. The number of hydrogen-bond acceptors (Lipinski definition) is 6. The van der Waals surface area contributed by atoms with Crippen LogP contribution in [-0.4, -0.2) is 12.6 Å². The third-order valence-corrected chi connectivity index (χ3v) is 5.90. The molecule has 0 unspecified atom stereocenters. The molecule has 0 radical (unpaired) electrons. The number of ether oxygens (including phenoxy) is 2. The van der Waals surface area contributed by atoms with Crippen molar-refractivity contribution in [3.63, 3.8) is 0 Å². The van der Waals surface area contributed by atoms with Gasteiger partial charge in [-0.1, -0.05) is 78.1 Å². The van der Waals surface area contributed by atoms with Gasteiger partial charge >= 0.3 is 5.97 Å². The van der Waals surface area contributed by atoms with E-state index in [9.17, 15) is 9.59 Å². The van der Waals surface area contributed by atoms with Gasteiger partial charge in [-0.15, -0.1) is 0 Å². The molecule has 0 aliphatic rings. The maximum absolute atomic E-state index is 12.3. The van der Waals surface area contributed by atoms with Crippen molar-refractivity contribution >= 4 is 17.3 Å². The van der Waals surface area contributed by atoms with E-state index in [1.807, 2.05) is 24.3 Å². The van der Waals surface area contributed by atoms with Gasteiger partial charge in [-0.25, -0.2) is 0 Å². The SMILES string of the molecule is CCCCCCCCCCCC(=O)Oc1ccc(N=Nc2ccc(OCCCCC)cc2)ccc1=O. The van der Waals surface area contributed by atoms with Gasteiger partial charge in [-0.3, -0.25) is 9.59 Å². The van der Waals surface area contributed by atoms with Crippen LogP contribution in [0.15, 0.2) is 63.6 Å². The van der Waals surface area contributed by atoms with E-state index in [0.29, 0.717) is 24.4 Å². The van der Waals surface area contributed by atoms with E-state index in [-0.39, 0.29) is 17.1 Å². The first kappa shape index (κ1) is 29.2. The zero-order chi connectivity index (χ0) is 25.8. The Morgan fingerprint density at radius 1 is 0.667 bits per heavy atom. The van der Waals surface area contributed by atoms with Crippen LogP contribution in [0, 0.1) is 0 Å². The van der Waals surface area contributed by atoms with Crippen LogP contribution >= 0.6 is 0 Å². The highest BCUT2D eigenvalue weighted by Crippen LogP contribution is 2.21. The number of esters is 1. The average molecular weight is 495 g/mol. The maximum atomic E-state index is 12.3. The Balaban J connectivity index is 1.77. The summed E-state index contributed by atoms with van der Waals surface area (Å²) in [4.78, 5) is 24.5. The largest absolute Gasteiger partial charge is 0.494 e. The van der Waals surface area contributed by atoms with E-state index in [1.54, 1.807) is 12.1 Å². The molecule has 0 bridgehead atoms. The minimum atomic E-state index is -0.374. The summed E-state index contributed by atoms with van der Waals surface area (Å²) in [5, 5.41) is 8.42. The fourth-order valence-electron chi connectivity index (χ4n) is 3.71. The lowest BCUT2D eigenvalue weighted by atomic mass is 10.1. The fourth-order valence-corrected chi connectivity index (χ4v) is 3.71. The third-order valence-electron chi connectivity index (χ3n) is 5.90. The maximum Gasteiger partial charge on any atom is 0.311 e. The van der Waals surface area contributed by atoms with E-state index >= 15 is 0 Å². The Hall–Kier alpha value is -3.02. The van der Waals surface area contributed by atoms with Crippen molar-refractivity contribution in [3.05, 3.63) is 58.8 Å². The normalized spacial score (nSPS) is 11.1. The molecule has 0 fully saturated rings. The molecule has 0 aliphatic heterocycles. The Labute approximate surface area is 216 Å². The summed E-state index contributed by atoms with van der Waals surface area (Å²) in [5.41, 5.74) is 0.812. The van der Waals surface area contributed by atoms with Gasteiger partial charge in [-0.05, 0) is 61.4 Å². The van der Waals surface area contributed by atoms with E-state index in [1.165, 1.54) is 50.7 Å². The van der Waals surface area contributed by atoms with Crippen LogP contribution in [0.25, 0.3) is 0 Å². The van der Waals surface area contributed by atoms with E-state index in [4.69, 9.17) is 9.47 Å². The highest BCUT2D eigenvalue weighted by atomic mass is 16.5. The van der Waals surface area contributed by atoms with E-state index < -0.39 is 0 Å². The Morgan fingerprint density at radius 2 is 1.19 bits per heavy atom. The highest BCUT2D eigenvalue weighted by Gasteiger charge is 2.07. The Bertz CT molecular complexity index is 973. The van der Waals surface area contributed by atoms with Gasteiger partial charge < -0.3 is 9.47 Å². The van der Waals surface area contributed by atoms with Gasteiger partial charge in [0.25, 0.3) is 0 Å². The molecule has 0 heterocycles. The summed E-state index contributed by atoms with van der Waals surface area (Å²) in [6.45, 7) is 5.09. The smallest absolute Gasteiger partial charge is 0.311 e. The van der Waals surface area contributed by atoms with Crippen molar-refractivity contribution in [2.45, 2.75) is 97.3 Å². The fraction of sp³-hybridized carbons (Fsp3) is 0.533. The van der Waals surface area contributed by atoms with Crippen molar-refractivity contribution < 1.29 is 14.3 Å². The molecule has 36 heavy (non-hydrogen) atoms. The molecular formula is C30H42N2O4. The van der Waals surface area contributed by atoms with Gasteiger partial charge in [-0.2, -0.15) is 10.2 Å². The molecule has 6 heteroatoms. The van der Waals surface area contributed by atoms with Crippen LogP contribution in [0.4, 0.5) is 11.4 Å². The van der Waals surface area contributed by atoms with Crippen LogP contribution in [0.2, 0.25) is 0 Å². The topological polar surface area (TPSA) is 77.3 Å². The lowest BCUT2D eigenvalue weighted by molar-refractivity contribution is -0.134. The minimum absolute atomic E-state index is 0.0157. The molecule has 0 aliphatic carbocycles. The monoisotopic (exact) mass is 494 g/mol. The third kappa shape index (κ3) is 12.6. The van der Waals surface area contributed by atoms with Gasteiger partial charge in [0.1, 0.15) is 5.75 Å². The molecule has 6 nitrogen and oxygen atoms in total. The number of benzene rings is 1. The molecule has 2 rings (SSSR count). The van der Waals surface area contributed by atoms with Gasteiger partial charge in [0, 0.05) is 6.42 Å². The Kier molecular flexibility index (Phi) is 14.8. The number of nitrogens with zero attached hydrogens (tertiary/aromatic N) is 2. The molecule has 0 N–H and O–H groups in total. The number of azo groups is 1. The number of carbonyl (C=O) groups excluding carboxylic acids is 1. The molecular weight excluding hydrogens is 452 g/mol. The molecule has 0 aromatic heterocycles. The van der Waals surface area contributed by atoms with Gasteiger partial charge in [0.2, 0.25) is 5.43 Å². The summed E-state index contributed by atoms with van der Waals surface area (Å²) in [5.74, 6) is 0.449. The second kappa shape index (κ2) is 18.3. The predicted molar refractivity (Wildman–Crippen MR) is 146 cm³/mol. The second-order valence-electron chi connectivity index (χ2n) is 9.12. The standard InChI is InChI=1S/C30H42N2O4/c1-3-5-7-8-9-10-11-12-13-15-30(34)36-29-23-19-26(18-22-28(29)33)32-31-25-16-20-27(21-17-25)35-24-14-6-4-2/h16-23H,3-15,24H2,1-2H3. The van der Waals surface area contributed by atoms with Crippen molar-refractivity contribution in [2.75, 3.05) is 6.61 Å². The van der Waals surface area contributed by atoms with E-state index in [2.05, 4.69) is 24.1 Å². The van der Waals surface area contributed by atoms with Gasteiger partial charge in [0.05, 0.1) is 18.0 Å². The lowest BCUT2D eigenvalue weighted by Gasteiger charge is -2.05. The minimum Gasteiger partial charge on any atom is -0.494 e. The first-order valence-corrected chi connectivity index (χ1v) is 13.6. The lowest BCUT2D eigenvalue weighted by Crippen LogP contribution is -2.12. The summed E-state index contributed by atoms with van der Waals surface area (Å²) in [6.07, 6.45) is 14.3. The zero-order valence-corrected chi connectivity index (χ0v) is 22.0. The second-order valence-corrected chi connectivity index (χ2v) is 9.12. The Morgan fingerprint density at radius 3 is 1.83 bits per heavy atom. The molecule has 2 aromatic rings. The van der Waals surface area contributed by atoms with Crippen molar-refractivity contribution in [3.8, 4) is 11.5 Å².